The number of carbonyl (C=O) groups excluding carboxylic acids is 1. The third-order valence-electron chi connectivity index (χ3n) is 1.53. The van der Waals surface area contributed by atoms with Crippen LogP contribution in [0.4, 0.5) is 4.79 Å². The molecular weight excluding hydrogens is 266 g/mol. The Balaban J connectivity index is 3.41. The zero-order chi connectivity index (χ0) is 14.0. The predicted octanol–water partition coefficient (Wildman–Crippen LogP) is -2.06. The van der Waals surface area contributed by atoms with Crippen molar-refractivity contribution in [2.45, 2.75) is 0 Å². The van der Waals surface area contributed by atoms with Crippen LogP contribution in [0.3, 0.4) is 0 Å². The number of carbonyl (C=O) groups is 2. The summed E-state index contributed by atoms with van der Waals surface area (Å²) in [5.41, 5.74) is 0. The molecule has 0 unspecified atom stereocenters. The van der Waals surface area contributed by atoms with Gasteiger partial charge in [0.2, 0.25) is 10.0 Å². The number of amides is 2. The predicted molar refractivity (Wildman–Crippen MR) is 62.7 cm³/mol. The molecule has 0 aromatic carbocycles. The fourth-order valence-corrected chi connectivity index (χ4v) is 1.34. The highest BCUT2D eigenvalue weighted by atomic mass is 32.2. The molecule has 0 aliphatic heterocycles. The maximum atomic E-state index is 11.1. The van der Waals surface area contributed by atoms with Crippen molar-refractivity contribution >= 4 is 22.0 Å². The van der Waals surface area contributed by atoms with Gasteiger partial charge < -0.3 is 20.5 Å². The first-order chi connectivity index (χ1) is 8.31. The maximum Gasteiger partial charge on any atom is 0.329 e. The van der Waals surface area contributed by atoms with Gasteiger partial charge >= 0.3 is 12.0 Å². The minimum Gasteiger partial charge on any atom is -0.480 e. The number of rotatable bonds is 9. The first kappa shape index (κ1) is 16.6. The fraction of sp³-hybridized carbons (Fsp3) is 0.750. The minimum atomic E-state index is -3.25. The largest absolute Gasteiger partial charge is 0.480 e. The smallest absolute Gasteiger partial charge is 0.329 e. The van der Waals surface area contributed by atoms with Gasteiger partial charge in [-0.1, -0.05) is 0 Å². The molecule has 0 aliphatic carbocycles. The molecule has 9 nitrogen and oxygen atoms in total. The summed E-state index contributed by atoms with van der Waals surface area (Å²) in [6.07, 6.45) is 1.02. The van der Waals surface area contributed by atoms with Crippen LogP contribution in [0, 0.1) is 0 Å². The van der Waals surface area contributed by atoms with Crippen molar-refractivity contribution in [2.75, 3.05) is 39.1 Å². The number of carboxylic acid groups (broad SMARTS) is 1. The molecule has 0 bridgehead atoms. The normalized spacial score (nSPS) is 10.9. The van der Waals surface area contributed by atoms with Crippen molar-refractivity contribution in [2.24, 2.45) is 0 Å². The van der Waals surface area contributed by atoms with Crippen LogP contribution in [0.5, 0.6) is 0 Å². The summed E-state index contributed by atoms with van der Waals surface area (Å²) in [7, 11) is -3.25. The van der Waals surface area contributed by atoms with Gasteiger partial charge in [0.05, 0.1) is 12.9 Å². The summed E-state index contributed by atoms with van der Waals surface area (Å²) in [6.45, 7) is 0.0815. The quantitative estimate of drug-likeness (QED) is 0.359. The molecule has 0 saturated carbocycles. The highest BCUT2D eigenvalue weighted by Gasteiger charge is 2.02. The Morgan fingerprint density at radius 2 is 1.78 bits per heavy atom. The van der Waals surface area contributed by atoms with E-state index < -0.39 is 28.6 Å². The lowest BCUT2D eigenvalue weighted by atomic mass is 10.6. The standard InChI is InChI=1S/C8H17N3O6S/c1-18(15,16)11-3-2-9-8(14)10-4-5-17-6-7(12)13/h11H,2-6H2,1H3,(H,12,13)(H2,9,10,14). The molecule has 2 amide bonds. The average molecular weight is 283 g/mol. The van der Waals surface area contributed by atoms with Gasteiger partial charge in [-0.25, -0.2) is 22.7 Å². The van der Waals surface area contributed by atoms with E-state index in [0.717, 1.165) is 6.26 Å². The van der Waals surface area contributed by atoms with Crippen LogP contribution < -0.4 is 15.4 Å². The molecular formula is C8H17N3O6S. The van der Waals surface area contributed by atoms with Gasteiger partial charge in [-0.15, -0.1) is 0 Å². The molecule has 0 aromatic rings. The molecule has 10 heteroatoms. The highest BCUT2D eigenvalue weighted by molar-refractivity contribution is 7.88. The minimum absolute atomic E-state index is 0.0846. The summed E-state index contributed by atoms with van der Waals surface area (Å²) in [5.74, 6) is -1.08. The van der Waals surface area contributed by atoms with E-state index in [0.29, 0.717) is 0 Å². The van der Waals surface area contributed by atoms with Crippen molar-refractivity contribution in [3.63, 3.8) is 0 Å². The summed E-state index contributed by atoms with van der Waals surface area (Å²) in [5, 5.41) is 13.1. The van der Waals surface area contributed by atoms with E-state index in [9.17, 15) is 18.0 Å². The Labute approximate surface area is 105 Å². The van der Waals surface area contributed by atoms with Gasteiger partial charge in [0, 0.05) is 19.6 Å². The molecule has 0 rings (SSSR count). The van der Waals surface area contributed by atoms with Crippen LogP contribution in [0.15, 0.2) is 0 Å². The average Bonchev–Trinajstić information content (AvgIpc) is 2.22. The molecule has 0 fully saturated rings. The third-order valence-corrected chi connectivity index (χ3v) is 2.26. The van der Waals surface area contributed by atoms with E-state index in [1.165, 1.54) is 0 Å². The maximum absolute atomic E-state index is 11.1. The van der Waals surface area contributed by atoms with E-state index in [-0.39, 0.29) is 26.2 Å². The fourth-order valence-electron chi connectivity index (χ4n) is 0.871. The van der Waals surface area contributed by atoms with E-state index in [1.807, 2.05) is 0 Å². The summed E-state index contributed by atoms with van der Waals surface area (Å²) in [4.78, 5) is 21.2. The first-order valence-corrected chi connectivity index (χ1v) is 6.96. The van der Waals surface area contributed by atoms with Crippen LogP contribution >= 0.6 is 0 Å². The van der Waals surface area contributed by atoms with E-state index in [2.05, 4.69) is 20.1 Å². The molecule has 0 heterocycles. The highest BCUT2D eigenvalue weighted by Crippen LogP contribution is 1.74. The Hall–Kier alpha value is -1.39. The Kier molecular flexibility index (Phi) is 8.00. The Morgan fingerprint density at radius 3 is 2.33 bits per heavy atom. The van der Waals surface area contributed by atoms with Gasteiger partial charge in [0.25, 0.3) is 0 Å². The first-order valence-electron chi connectivity index (χ1n) is 5.07. The Bertz CT molecular complexity index is 369. The molecule has 4 N–H and O–H groups in total. The Morgan fingerprint density at radius 1 is 1.17 bits per heavy atom. The molecule has 0 spiro atoms. The zero-order valence-corrected chi connectivity index (χ0v) is 10.7. The molecule has 18 heavy (non-hydrogen) atoms. The van der Waals surface area contributed by atoms with Crippen molar-refractivity contribution < 1.29 is 27.9 Å². The van der Waals surface area contributed by atoms with Gasteiger partial charge in [-0.05, 0) is 0 Å². The van der Waals surface area contributed by atoms with Crippen molar-refractivity contribution in [3.8, 4) is 0 Å². The van der Waals surface area contributed by atoms with Gasteiger partial charge in [0.1, 0.15) is 6.61 Å². The number of urea groups is 1. The lowest BCUT2D eigenvalue weighted by Gasteiger charge is -2.07. The van der Waals surface area contributed by atoms with Crippen LogP contribution in [0.2, 0.25) is 0 Å². The van der Waals surface area contributed by atoms with Crippen molar-refractivity contribution in [3.05, 3.63) is 0 Å². The number of hydrogen-bond acceptors (Lipinski definition) is 5. The van der Waals surface area contributed by atoms with Gasteiger partial charge in [-0.2, -0.15) is 0 Å². The third kappa shape index (κ3) is 12.7. The molecule has 0 atom stereocenters. The lowest BCUT2D eigenvalue weighted by molar-refractivity contribution is -0.142. The SMILES string of the molecule is CS(=O)(=O)NCCNC(=O)NCCOCC(=O)O. The second kappa shape index (κ2) is 8.66. The van der Waals surface area contributed by atoms with Crippen molar-refractivity contribution in [1.29, 1.82) is 0 Å². The van der Waals surface area contributed by atoms with Gasteiger partial charge in [-0.3, -0.25) is 0 Å². The van der Waals surface area contributed by atoms with Crippen LogP contribution in [-0.2, 0) is 19.6 Å². The van der Waals surface area contributed by atoms with Crippen LogP contribution in [0.25, 0.3) is 0 Å². The molecule has 0 aliphatic rings. The number of nitrogens with one attached hydrogen (secondary N) is 3. The second-order valence-corrected chi connectivity index (χ2v) is 5.13. The molecule has 0 saturated heterocycles. The summed E-state index contributed by atoms with van der Waals surface area (Å²) >= 11 is 0. The molecule has 0 aromatic heterocycles. The van der Waals surface area contributed by atoms with E-state index in [4.69, 9.17) is 5.11 Å². The lowest BCUT2D eigenvalue weighted by Crippen LogP contribution is -2.41. The number of hydrogen-bond donors (Lipinski definition) is 4. The molecule has 0 radical (unpaired) electrons. The van der Waals surface area contributed by atoms with Crippen molar-refractivity contribution in [1.82, 2.24) is 15.4 Å². The zero-order valence-electron chi connectivity index (χ0n) is 9.93. The van der Waals surface area contributed by atoms with Gasteiger partial charge in [0.15, 0.2) is 0 Å². The second-order valence-electron chi connectivity index (χ2n) is 3.30. The summed E-state index contributed by atoms with van der Waals surface area (Å²) in [6, 6.07) is -0.482. The topological polar surface area (TPSA) is 134 Å². The summed E-state index contributed by atoms with van der Waals surface area (Å²) < 4.78 is 28.2. The van der Waals surface area contributed by atoms with Crippen LogP contribution in [-0.4, -0.2) is 64.6 Å². The number of carboxylic acids is 1. The number of sulfonamides is 1. The van der Waals surface area contributed by atoms with Crippen LogP contribution in [0.1, 0.15) is 0 Å². The number of aliphatic carboxylic acids is 1. The van der Waals surface area contributed by atoms with E-state index in [1.54, 1.807) is 0 Å². The number of ether oxygens (including phenoxy) is 1. The van der Waals surface area contributed by atoms with E-state index >= 15 is 0 Å². The monoisotopic (exact) mass is 283 g/mol. The molecule has 106 valence electrons.